The molecular formula is C20H25N3O3. The van der Waals surface area contributed by atoms with Gasteiger partial charge in [-0.3, -0.25) is 9.59 Å². The van der Waals surface area contributed by atoms with Crippen LogP contribution in [0, 0.1) is 0 Å². The van der Waals surface area contributed by atoms with Crippen molar-refractivity contribution in [1.29, 1.82) is 0 Å². The van der Waals surface area contributed by atoms with E-state index < -0.39 is 0 Å². The van der Waals surface area contributed by atoms with Gasteiger partial charge < -0.3 is 15.4 Å². The first kappa shape index (κ1) is 19.6. The first-order valence-corrected chi connectivity index (χ1v) is 8.67. The quantitative estimate of drug-likeness (QED) is 0.713. The summed E-state index contributed by atoms with van der Waals surface area (Å²) in [4.78, 5) is 28.9. The van der Waals surface area contributed by atoms with Gasteiger partial charge in [-0.05, 0) is 36.1 Å². The normalized spacial score (nSPS) is 10.6. The number of para-hydroxylation sites is 1. The van der Waals surface area contributed by atoms with E-state index >= 15 is 0 Å². The second-order valence-electron chi connectivity index (χ2n) is 6.21. The van der Waals surface area contributed by atoms with Crippen LogP contribution in [0.1, 0.15) is 52.7 Å². The molecule has 1 aromatic heterocycles. The number of hydrogen-bond acceptors (Lipinski definition) is 4. The van der Waals surface area contributed by atoms with Gasteiger partial charge in [0.15, 0.2) is 0 Å². The van der Waals surface area contributed by atoms with E-state index in [2.05, 4.69) is 29.5 Å². The van der Waals surface area contributed by atoms with Crippen LogP contribution in [-0.4, -0.2) is 37.1 Å². The van der Waals surface area contributed by atoms with Crippen LogP contribution in [0.25, 0.3) is 0 Å². The standard InChI is InChI=1S/C20H25N3O3/c1-14(2)15-8-4-5-9-16(15)23-20(25)18-11-6-10-17(22-18)19(24)21-12-7-13-26-3/h4-6,8-11,14H,7,12-13H2,1-3H3,(H,21,24)(H,23,25). The van der Waals surface area contributed by atoms with Crippen LogP contribution in [0.2, 0.25) is 0 Å². The number of aromatic nitrogens is 1. The van der Waals surface area contributed by atoms with Crippen molar-refractivity contribution in [2.45, 2.75) is 26.2 Å². The number of amides is 2. The number of rotatable bonds is 8. The van der Waals surface area contributed by atoms with E-state index in [1.807, 2.05) is 24.3 Å². The monoisotopic (exact) mass is 355 g/mol. The molecule has 0 spiro atoms. The van der Waals surface area contributed by atoms with Gasteiger partial charge in [0, 0.05) is 25.9 Å². The molecule has 2 N–H and O–H groups in total. The number of methoxy groups -OCH3 is 1. The number of hydrogen-bond donors (Lipinski definition) is 2. The van der Waals surface area contributed by atoms with Crippen molar-refractivity contribution in [3.8, 4) is 0 Å². The SMILES string of the molecule is COCCCNC(=O)c1cccc(C(=O)Nc2ccccc2C(C)C)n1. The van der Waals surface area contributed by atoms with Gasteiger partial charge in [0.25, 0.3) is 11.8 Å². The van der Waals surface area contributed by atoms with Crippen molar-refractivity contribution < 1.29 is 14.3 Å². The highest BCUT2D eigenvalue weighted by Crippen LogP contribution is 2.24. The van der Waals surface area contributed by atoms with E-state index in [0.717, 1.165) is 11.3 Å². The van der Waals surface area contributed by atoms with Gasteiger partial charge in [0.05, 0.1) is 0 Å². The third kappa shape index (κ3) is 5.39. The maximum atomic E-state index is 12.5. The summed E-state index contributed by atoms with van der Waals surface area (Å²) in [5.41, 5.74) is 2.22. The summed E-state index contributed by atoms with van der Waals surface area (Å²) >= 11 is 0. The zero-order valence-electron chi connectivity index (χ0n) is 15.4. The van der Waals surface area contributed by atoms with E-state index in [1.54, 1.807) is 25.3 Å². The smallest absolute Gasteiger partial charge is 0.274 e. The van der Waals surface area contributed by atoms with Gasteiger partial charge in [-0.1, -0.05) is 38.1 Å². The second kappa shape index (κ2) is 9.68. The van der Waals surface area contributed by atoms with Crippen LogP contribution >= 0.6 is 0 Å². The maximum absolute atomic E-state index is 12.5. The maximum Gasteiger partial charge on any atom is 0.274 e. The molecule has 26 heavy (non-hydrogen) atoms. The Balaban J connectivity index is 2.07. The molecule has 2 rings (SSSR count). The predicted molar refractivity (Wildman–Crippen MR) is 102 cm³/mol. The van der Waals surface area contributed by atoms with Crippen molar-refractivity contribution in [3.05, 3.63) is 59.4 Å². The lowest BCUT2D eigenvalue weighted by atomic mass is 10.0. The average molecular weight is 355 g/mol. The molecule has 1 heterocycles. The van der Waals surface area contributed by atoms with Crippen molar-refractivity contribution in [3.63, 3.8) is 0 Å². The molecule has 2 amide bonds. The third-order valence-corrected chi connectivity index (χ3v) is 3.86. The summed E-state index contributed by atoms with van der Waals surface area (Å²) in [6, 6.07) is 12.5. The lowest BCUT2D eigenvalue weighted by molar-refractivity contribution is 0.0943. The van der Waals surface area contributed by atoms with Crippen LogP contribution in [0.5, 0.6) is 0 Å². The number of benzene rings is 1. The van der Waals surface area contributed by atoms with E-state index in [0.29, 0.717) is 19.6 Å². The molecule has 0 aliphatic carbocycles. The first-order chi connectivity index (χ1) is 12.5. The van der Waals surface area contributed by atoms with Crippen molar-refractivity contribution in [2.24, 2.45) is 0 Å². The summed E-state index contributed by atoms with van der Waals surface area (Å²) in [5.74, 6) is -0.367. The Kier molecular flexibility index (Phi) is 7.29. The van der Waals surface area contributed by atoms with E-state index in [-0.39, 0.29) is 29.1 Å². The number of carbonyl (C=O) groups is 2. The fraction of sp³-hybridized carbons (Fsp3) is 0.350. The lowest BCUT2D eigenvalue weighted by Gasteiger charge is -2.13. The van der Waals surface area contributed by atoms with Crippen LogP contribution in [0.4, 0.5) is 5.69 Å². The molecule has 6 heteroatoms. The fourth-order valence-corrected chi connectivity index (χ4v) is 2.50. The van der Waals surface area contributed by atoms with Gasteiger partial charge in [0.1, 0.15) is 11.4 Å². The Morgan fingerprint density at radius 1 is 1.04 bits per heavy atom. The fourth-order valence-electron chi connectivity index (χ4n) is 2.50. The molecule has 138 valence electrons. The van der Waals surface area contributed by atoms with E-state index in [4.69, 9.17) is 4.74 Å². The zero-order chi connectivity index (χ0) is 18.9. The Hall–Kier alpha value is -2.73. The number of anilines is 1. The number of pyridine rings is 1. The van der Waals surface area contributed by atoms with Crippen LogP contribution in [-0.2, 0) is 4.74 Å². The van der Waals surface area contributed by atoms with Crippen LogP contribution in [0.3, 0.4) is 0 Å². The number of ether oxygens (including phenoxy) is 1. The largest absolute Gasteiger partial charge is 0.385 e. The molecule has 0 saturated carbocycles. The van der Waals surface area contributed by atoms with E-state index in [1.165, 1.54) is 0 Å². The Labute approximate surface area is 154 Å². The molecule has 0 aliphatic rings. The van der Waals surface area contributed by atoms with Gasteiger partial charge in [-0.25, -0.2) is 4.98 Å². The molecule has 0 atom stereocenters. The van der Waals surface area contributed by atoms with E-state index in [9.17, 15) is 9.59 Å². The molecule has 0 aliphatic heterocycles. The van der Waals surface area contributed by atoms with Gasteiger partial charge in [-0.15, -0.1) is 0 Å². The van der Waals surface area contributed by atoms with Gasteiger partial charge in [-0.2, -0.15) is 0 Å². The van der Waals surface area contributed by atoms with Crippen molar-refractivity contribution >= 4 is 17.5 Å². The molecule has 1 aromatic carbocycles. The minimum Gasteiger partial charge on any atom is -0.385 e. The minimum absolute atomic E-state index is 0.202. The summed E-state index contributed by atoms with van der Waals surface area (Å²) < 4.78 is 4.94. The Morgan fingerprint density at radius 3 is 2.42 bits per heavy atom. The highest BCUT2D eigenvalue weighted by Gasteiger charge is 2.14. The number of nitrogens with zero attached hydrogens (tertiary/aromatic N) is 1. The summed E-state index contributed by atoms with van der Waals surface area (Å²) in [5, 5.41) is 5.65. The summed E-state index contributed by atoms with van der Waals surface area (Å²) in [6.07, 6.45) is 0.717. The summed E-state index contributed by atoms with van der Waals surface area (Å²) in [7, 11) is 1.61. The van der Waals surface area contributed by atoms with Crippen molar-refractivity contribution in [1.82, 2.24) is 10.3 Å². The molecule has 6 nitrogen and oxygen atoms in total. The topological polar surface area (TPSA) is 80.3 Å². The third-order valence-electron chi connectivity index (χ3n) is 3.86. The highest BCUT2D eigenvalue weighted by atomic mass is 16.5. The lowest BCUT2D eigenvalue weighted by Crippen LogP contribution is -2.27. The summed E-state index contributed by atoms with van der Waals surface area (Å²) in [6.45, 7) is 5.20. The van der Waals surface area contributed by atoms with Gasteiger partial charge >= 0.3 is 0 Å². The molecule has 2 aromatic rings. The minimum atomic E-state index is -0.341. The molecule has 0 saturated heterocycles. The molecular weight excluding hydrogens is 330 g/mol. The number of nitrogens with one attached hydrogen (secondary N) is 2. The Morgan fingerprint density at radius 2 is 1.73 bits per heavy atom. The Bertz CT molecular complexity index is 759. The van der Waals surface area contributed by atoms with Crippen LogP contribution in [0.15, 0.2) is 42.5 Å². The molecule has 0 unspecified atom stereocenters. The average Bonchev–Trinajstić information content (AvgIpc) is 2.65. The number of carbonyl (C=O) groups excluding carboxylic acids is 2. The zero-order valence-corrected chi connectivity index (χ0v) is 15.4. The predicted octanol–water partition coefficient (Wildman–Crippen LogP) is 3.22. The van der Waals surface area contributed by atoms with Crippen LogP contribution < -0.4 is 10.6 Å². The second-order valence-corrected chi connectivity index (χ2v) is 6.21. The molecule has 0 radical (unpaired) electrons. The van der Waals surface area contributed by atoms with Crippen molar-refractivity contribution in [2.75, 3.05) is 25.6 Å². The highest BCUT2D eigenvalue weighted by molar-refractivity contribution is 6.04. The van der Waals surface area contributed by atoms with Gasteiger partial charge in [0.2, 0.25) is 0 Å². The first-order valence-electron chi connectivity index (χ1n) is 8.67. The molecule has 0 bridgehead atoms. The molecule has 0 fully saturated rings.